The van der Waals surface area contributed by atoms with E-state index in [0.29, 0.717) is 5.89 Å². The van der Waals surface area contributed by atoms with Gasteiger partial charge in [-0.05, 0) is 38.9 Å². The molecule has 2 N–H and O–H groups in total. The van der Waals surface area contributed by atoms with Crippen molar-refractivity contribution in [1.29, 1.82) is 0 Å². The highest BCUT2D eigenvalue weighted by atomic mass is 32.1. The van der Waals surface area contributed by atoms with Gasteiger partial charge in [-0.3, -0.25) is 0 Å². The Morgan fingerprint density at radius 2 is 2.21 bits per heavy atom. The van der Waals surface area contributed by atoms with Crippen molar-refractivity contribution in [3.63, 3.8) is 0 Å². The number of carbonyl (C=O) groups excluding carboxylic acids is 1. The number of carbonyl (C=O) groups is 1. The minimum atomic E-state index is -0.546. The van der Waals surface area contributed by atoms with Gasteiger partial charge in [0.2, 0.25) is 5.89 Å². The predicted octanol–water partition coefficient (Wildman–Crippen LogP) is 3.34. The first-order valence-electron chi connectivity index (χ1n) is 6.28. The van der Waals surface area contributed by atoms with Gasteiger partial charge in [0.25, 0.3) is 4.84 Å². The molecule has 0 radical (unpaired) electrons. The van der Waals surface area contributed by atoms with Crippen LogP contribution in [0.5, 0.6) is 0 Å². The molecule has 2 atom stereocenters. The van der Waals surface area contributed by atoms with E-state index in [2.05, 4.69) is 15.5 Å². The van der Waals surface area contributed by atoms with Crippen molar-refractivity contribution in [2.24, 2.45) is 5.92 Å². The van der Waals surface area contributed by atoms with Crippen LogP contribution in [-0.2, 0) is 4.74 Å². The fraction of sp³-hybridized carbons (Fsp3) is 0.750. The normalized spacial score (nSPS) is 14.8. The Kier molecular flexibility index (Phi) is 5.11. The molecule has 0 bridgehead atoms. The average molecular weight is 287 g/mol. The van der Waals surface area contributed by atoms with Gasteiger partial charge in [-0.1, -0.05) is 20.3 Å². The second-order valence-corrected chi connectivity index (χ2v) is 5.83. The van der Waals surface area contributed by atoms with E-state index in [-0.39, 0.29) is 16.8 Å². The summed E-state index contributed by atoms with van der Waals surface area (Å²) in [6.45, 7) is 9.45. The zero-order chi connectivity index (χ0) is 14.6. The lowest BCUT2D eigenvalue weighted by Crippen LogP contribution is -2.37. The van der Waals surface area contributed by atoms with Crippen LogP contribution >= 0.6 is 12.2 Å². The number of rotatable bonds is 4. The van der Waals surface area contributed by atoms with Gasteiger partial charge in [-0.2, -0.15) is 0 Å². The van der Waals surface area contributed by atoms with Crippen molar-refractivity contribution in [3.8, 4) is 0 Å². The van der Waals surface area contributed by atoms with E-state index in [9.17, 15) is 4.79 Å². The minimum absolute atomic E-state index is 0.147. The van der Waals surface area contributed by atoms with Gasteiger partial charge in [0.1, 0.15) is 11.6 Å². The van der Waals surface area contributed by atoms with Crippen molar-refractivity contribution in [2.75, 3.05) is 0 Å². The summed E-state index contributed by atoms with van der Waals surface area (Å²) in [4.78, 5) is 12.0. The molecule has 0 aliphatic rings. The zero-order valence-electron chi connectivity index (χ0n) is 11.9. The summed E-state index contributed by atoms with van der Waals surface area (Å²) in [5.74, 6) is 0.513. The highest BCUT2D eigenvalue weighted by molar-refractivity contribution is 7.71. The number of hydrogen-bond acceptors (Lipinski definition) is 5. The quantitative estimate of drug-likeness (QED) is 0.830. The number of nitrogens with zero attached hydrogens (tertiary/aromatic N) is 1. The largest absolute Gasteiger partial charge is 0.444 e. The van der Waals surface area contributed by atoms with Crippen LogP contribution in [0.1, 0.15) is 53.0 Å². The van der Waals surface area contributed by atoms with Gasteiger partial charge in [-0.15, -0.1) is 5.10 Å². The summed E-state index contributed by atoms with van der Waals surface area (Å²) >= 11 is 4.85. The maximum atomic E-state index is 11.8. The molecular weight excluding hydrogens is 266 g/mol. The molecule has 0 aliphatic heterocycles. The van der Waals surface area contributed by atoms with Gasteiger partial charge >= 0.3 is 6.09 Å². The number of aromatic amines is 1. The monoisotopic (exact) mass is 287 g/mol. The molecule has 2 unspecified atom stereocenters. The fourth-order valence-electron chi connectivity index (χ4n) is 1.49. The van der Waals surface area contributed by atoms with Gasteiger partial charge in [0, 0.05) is 0 Å². The third-order valence-corrected chi connectivity index (χ3v) is 2.78. The molecule has 0 saturated carbocycles. The molecule has 0 saturated heterocycles. The Bertz CT molecular complexity index is 475. The third-order valence-electron chi connectivity index (χ3n) is 2.61. The van der Waals surface area contributed by atoms with Gasteiger partial charge < -0.3 is 14.5 Å². The molecule has 108 valence electrons. The van der Waals surface area contributed by atoms with E-state index in [1.54, 1.807) is 0 Å². The second-order valence-electron chi connectivity index (χ2n) is 5.46. The van der Waals surface area contributed by atoms with E-state index in [1.165, 1.54) is 0 Å². The number of H-pyrrole nitrogens is 1. The minimum Gasteiger partial charge on any atom is -0.444 e. The Hall–Kier alpha value is -1.37. The van der Waals surface area contributed by atoms with E-state index in [1.807, 2.05) is 34.6 Å². The standard InChI is InChI=1S/C12H21N3O3S/c1-6-7(2)8(9-14-15-11(19)17-9)13-10(16)18-12(3,4)5/h7-8H,6H2,1-5H3,(H,13,16)(H,15,19). The van der Waals surface area contributed by atoms with Crippen LogP contribution < -0.4 is 5.32 Å². The summed E-state index contributed by atoms with van der Waals surface area (Å²) < 4.78 is 10.5. The van der Waals surface area contributed by atoms with Crippen LogP contribution in [0.3, 0.4) is 0 Å². The molecule has 0 spiro atoms. The molecule has 0 aromatic carbocycles. The van der Waals surface area contributed by atoms with Gasteiger partial charge in [-0.25, -0.2) is 9.89 Å². The van der Waals surface area contributed by atoms with Gasteiger partial charge in [0.05, 0.1) is 0 Å². The summed E-state index contributed by atoms with van der Waals surface area (Å²) in [6.07, 6.45) is 0.359. The number of hydrogen-bond donors (Lipinski definition) is 2. The van der Waals surface area contributed by atoms with E-state index < -0.39 is 11.7 Å². The zero-order valence-corrected chi connectivity index (χ0v) is 12.8. The van der Waals surface area contributed by atoms with Crippen LogP contribution in [0.15, 0.2) is 4.42 Å². The van der Waals surface area contributed by atoms with Crippen molar-refractivity contribution in [2.45, 2.75) is 52.7 Å². The summed E-state index contributed by atoms with van der Waals surface area (Å²) in [6, 6.07) is -0.368. The molecule has 1 heterocycles. The number of aromatic nitrogens is 2. The summed E-state index contributed by atoms with van der Waals surface area (Å²) in [7, 11) is 0. The molecule has 1 aromatic heterocycles. The molecule has 1 aromatic rings. The first kappa shape index (κ1) is 15.7. The Morgan fingerprint density at radius 1 is 1.58 bits per heavy atom. The van der Waals surface area contributed by atoms with Gasteiger partial charge in [0.15, 0.2) is 0 Å². The molecule has 19 heavy (non-hydrogen) atoms. The SMILES string of the molecule is CCC(C)C(NC(=O)OC(C)(C)C)c1n[nH]c(=S)o1. The molecule has 0 fully saturated rings. The average Bonchev–Trinajstić information content (AvgIpc) is 2.69. The first-order chi connectivity index (χ1) is 8.73. The van der Waals surface area contributed by atoms with E-state index in [0.717, 1.165) is 6.42 Å². The molecule has 1 rings (SSSR count). The van der Waals surface area contributed by atoms with Crippen LogP contribution in [0.4, 0.5) is 4.79 Å². The topological polar surface area (TPSA) is 80.1 Å². The Labute approximate surface area is 117 Å². The van der Waals surface area contributed by atoms with Crippen molar-refractivity contribution in [3.05, 3.63) is 10.7 Å². The number of nitrogens with one attached hydrogen (secondary N) is 2. The van der Waals surface area contributed by atoms with Crippen molar-refractivity contribution >= 4 is 18.3 Å². The van der Waals surface area contributed by atoms with Crippen LogP contribution in [-0.4, -0.2) is 21.9 Å². The van der Waals surface area contributed by atoms with E-state index >= 15 is 0 Å². The number of alkyl carbamates (subject to hydrolysis) is 1. The Balaban J connectivity index is 2.82. The smallest absolute Gasteiger partial charge is 0.408 e. The molecule has 6 nitrogen and oxygen atoms in total. The van der Waals surface area contributed by atoms with Crippen LogP contribution in [0.2, 0.25) is 0 Å². The second kappa shape index (κ2) is 6.18. The maximum absolute atomic E-state index is 11.8. The molecule has 1 amide bonds. The molecule has 0 aliphatic carbocycles. The van der Waals surface area contributed by atoms with E-state index in [4.69, 9.17) is 21.4 Å². The first-order valence-corrected chi connectivity index (χ1v) is 6.68. The summed E-state index contributed by atoms with van der Waals surface area (Å²) in [5, 5.41) is 9.29. The summed E-state index contributed by atoms with van der Waals surface area (Å²) in [5.41, 5.74) is -0.546. The highest BCUT2D eigenvalue weighted by Gasteiger charge is 2.27. The fourth-order valence-corrected chi connectivity index (χ4v) is 1.62. The number of amides is 1. The highest BCUT2D eigenvalue weighted by Crippen LogP contribution is 2.23. The molecular formula is C12H21N3O3S. The lowest BCUT2D eigenvalue weighted by atomic mass is 9.99. The van der Waals surface area contributed by atoms with Crippen LogP contribution in [0, 0.1) is 10.8 Å². The van der Waals surface area contributed by atoms with Crippen LogP contribution in [0.25, 0.3) is 0 Å². The maximum Gasteiger partial charge on any atom is 0.408 e. The lowest BCUT2D eigenvalue weighted by molar-refractivity contribution is 0.0475. The van der Waals surface area contributed by atoms with Crippen molar-refractivity contribution < 1.29 is 13.9 Å². The molecule has 7 heteroatoms. The lowest BCUT2D eigenvalue weighted by Gasteiger charge is -2.24. The number of ether oxygens (including phenoxy) is 1. The van der Waals surface area contributed by atoms with Crippen molar-refractivity contribution in [1.82, 2.24) is 15.5 Å². The Morgan fingerprint density at radius 3 is 2.63 bits per heavy atom. The third kappa shape index (κ3) is 5.02. The predicted molar refractivity (Wildman–Crippen MR) is 73.3 cm³/mol.